The Morgan fingerprint density at radius 1 is 0.361 bits per heavy atom. The van der Waals surface area contributed by atoms with Gasteiger partial charge in [0.15, 0.2) is 6.29 Å². The number of nitrogens with zero attached hydrogens (tertiary/aromatic N) is 9. The monoisotopic (exact) mass is 1950 g/mol. The summed E-state index contributed by atoms with van der Waals surface area (Å²) in [5.74, 6) is 0.151. The molecule has 11 rings (SSSR count). The highest BCUT2D eigenvalue weighted by Crippen LogP contribution is 2.34. The summed E-state index contributed by atoms with van der Waals surface area (Å²) in [4.78, 5) is 115. The van der Waals surface area contributed by atoms with Crippen LogP contribution in [0.1, 0.15) is 192 Å². The molecule has 31 heteroatoms. The van der Waals surface area contributed by atoms with Crippen molar-refractivity contribution in [1.82, 2.24) is 0 Å². The lowest BCUT2D eigenvalue weighted by Gasteiger charge is -2.11. The van der Waals surface area contributed by atoms with Crippen LogP contribution in [-0.4, -0.2) is 76.9 Å². The van der Waals surface area contributed by atoms with E-state index in [0.717, 1.165) is 74.1 Å². The highest BCUT2D eigenvalue weighted by molar-refractivity contribution is 5.88. The summed E-state index contributed by atoms with van der Waals surface area (Å²) in [7, 11) is 1.59. The second-order valence-electron chi connectivity index (χ2n) is 31.9. The molecule has 0 spiro atoms. The van der Waals surface area contributed by atoms with Crippen LogP contribution in [0.5, 0.6) is 0 Å². The molecule has 0 N–H and O–H groups in total. The molecule has 1 aliphatic rings. The number of carbonyl (C=O) groups excluding carboxylic acids is 2. The fraction of sp³-hybridized carbons (Fsp3) is 0.150. The summed E-state index contributed by atoms with van der Waals surface area (Å²) in [5.41, 5.74) is 14.7. The smallest absolute Gasteiger partial charge is 0.330 e. The Morgan fingerprint density at radius 3 is 0.979 bits per heavy atom. The van der Waals surface area contributed by atoms with E-state index in [1.807, 2.05) is 130 Å². The van der Waals surface area contributed by atoms with Crippen LogP contribution in [0.15, 0.2) is 296 Å². The maximum atomic E-state index is 11.1. The molecule has 1 fully saturated rings. The van der Waals surface area contributed by atoms with Crippen LogP contribution in [-0.2, 0) is 14.3 Å². The van der Waals surface area contributed by atoms with Gasteiger partial charge in [-0.1, -0.05) is 318 Å². The fourth-order valence-electron chi connectivity index (χ4n) is 12.0. The first-order chi connectivity index (χ1) is 68.5. The Hall–Kier alpha value is -18.5. The molecule has 0 aliphatic heterocycles. The molecule has 0 unspecified atom stereocenters. The number of unbranched alkanes of at least 4 members (excludes halogenated alkanes) is 1. The minimum atomic E-state index is -0.647. The number of allylic oxidation sites excluding steroid dienone is 5. The number of ether oxygens (including phenoxy) is 2. The number of esters is 1. The normalized spacial score (nSPS) is 10.8. The molecule has 0 saturated heterocycles. The van der Waals surface area contributed by atoms with Crippen LogP contribution in [0.25, 0.3) is 109 Å². The van der Waals surface area contributed by atoms with Gasteiger partial charge in [-0.25, -0.2) is 4.79 Å². The zero-order chi connectivity index (χ0) is 108. The summed E-state index contributed by atoms with van der Waals surface area (Å²) in [6, 6.07) is 54.4. The van der Waals surface area contributed by atoms with Crippen molar-refractivity contribution in [3.63, 3.8) is 0 Å². The SMILES string of the molecule is C=Cc1ccc(/C=C/C(C)(C)C)cc1[N+](=O)[O-].C=Cc1ccc(/C=C/C2CC2)cc1[N+](=O)[O-].C=Cc1ccc(/C=C/CCC)cc1[N+](=O)[O-].C=Cc1ccc(/C=C/COC)cc1[N+](=O)[O-].C=Cc1ccc(/C=C/c2ccccc2)cc1[N+](=O)[O-].C=Cc1ccc(C(=C)C)cc1[N+](=O)[O-].C=Cc1ccc(C=C(C)C)cc1[N+](=O)[O-].C=Cc1ccc(C=C)c([N+](=O)[O-])c1.CCOC(=O)/C=C/c1ccc(C=O)c([N+](=O)[O-])c1. The van der Waals surface area contributed by atoms with Gasteiger partial charge in [-0.2, -0.15) is 0 Å². The number of hydrogen-bond donors (Lipinski definition) is 0. The Bertz CT molecular complexity index is 6520. The van der Waals surface area contributed by atoms with Crippen molar-refractivity contribution in [3.05, 3.63) is 493 Å². The van der Waals surface area contributed by atoms with Crippen molar-refractivity contribution >= 4 is 172 Å². The number of nitro benzene ring substituents is 9. The Kier molecular flexibility index (Phi) is 52.4. The van der Waals surface area contributed by atoms with Gasteiger partial charge >= 0.3 is 5.97 Å². The molecule has 0 bridgehead atoms. The first kappa shape index (κ1) is 120. The number of methoxy groups -OCH3 is 1. The highest BCUT2D eigenvalue weighted by atomic mass is 16.7. The van der Waals surface area contributed by atoms with Crippen molar-refractivity contribution in [2.24, 2.45) is 11.3 Å². The van der Waals surface area contributed by atoms with Crippen molar-refractivity contribution in [1.29, 1.82) is 0 Å². The second kappa shape index (κ2) is 63.1. The molecular weight excluding hydrogens is 1840 g/mol. The van der Waals surface area contributed by atoms with Crippen LogP contribution in [0.2, 0.25) is 0 Å². The summed E-state index contributed by atoms with van der Waals surface area (Å²) < 4.78 is 9.52. The zero-order valence-electron chi connectivity index (χ0n) is 81.7. The first-order valence-electron chi connectivity index (χ1n) is 44.2. The van der Waals surface area contributed by atoms with Gasteiger partial charge in [-0.05, 0) is 175 Å². The third-order valence-corrected chi connectivity index (χ3v) is 19.6. The molecule has 144 heavy (non-hydrogen) atoms. The average molecular weight is 1950 g/mol. The van der Waals surface area contributed by atoms with Gasteiger partial charge in [-0.15, -0.1) is 0 Å². The van der Waals surface area contributed by atoms with Crippen LogP contribution in [0.3, 0.4) is 0 Å². The van der Waals surface area contributed by atoms with E-state index in [0.29, 0.717) is 68.9 Å². The molecule has 0 heterocycles. The lowest BCUT2D eigenvalue weighted by atomic mass is 9.95. The van der Waals surface area contributed by atoms with Gasteiger partial charge in [-0.3, -0.25) is 95.8 Å². The van der Waals surface area contributed by atoms with E-state index < -0.39 is 30.6 Å². The predicted octanol–water partition coefficient (Wildman–Crippen LogP) is 31.1. The van der Waals surface area contributed by atoms with Crippen LogP contribution in [0, 0.1) is 102 Å². The molecule has 1 aliphatic carbocycles. The topological polar surface area (TPSA) is 441 Å². The van der Waals surface area contributed by atoms with E-state index in [1.165, 1.54) is 110 Å². The van der Waals surface area contributed by atoms with E-state index in [4.69, 9.17) is 4.74 Å². The van der Waals surface area contributed by atoms with Crippen molar-refractivity contribution in [2.45, 2.75) is 81.1 Å². The summed E-state index contributed by atoms with van der Waals surface area (Å²) in [5, 5.41) is 96.9. The van der Waals surface area contributed by atoms with E-state index >= 15 is 0 Å². The number of carbonyl (C=O) groups is 2. The molecular formula is C113H115N9O22. The molecule has 744 valence electrons. The zero-order valence-corrected chi connectivity index (χ0v) is 81.7. The number of nitro groups is 9. The number of rotatable bonds is 35. The van der Waals surface area contributed by atoms with Crippen molar-refractivity contribution in [3.8, 4) is 0 Å². The Morgan fingerprint density at radius 2 is 0.660 bits per heavy atom. The first-order valence-corrected chi connectivity index (χ1v) is 44.2. The minimum Gasteiger partial charge on any atom is -0.463 e. The molecule has 0 radical (unpaired) electrons. The Balaban J connectivity index is 0.000000417. The lowest BCUT2D eigenvalue weighted by molar-refractivity contribution is -0.385. The standard InChI is InChI=1S/C16H13NO2.C14H17NO2.C13H13NO2.C13H15NO2.C12H11NO5.C12H13NO3.C12H13NO2.C11H11NO2.C10H9NO2/c1-2-15-11-10-14(12-16(15)17(18)19)9-8-13-6-4-3-5-7-13;1-5-12-7-6-11(8-9-14(2,3)4)10-13(12)15(16)17;1-2-12-8-7-11(6-5-10-3-4-10)9-13(12)14(15)16;1-3-5-6-7-11-8-9-12(4-2)13(10-11)14(15)16;1-2-18-12(15)6-4-9-3-5-10(8-14)11(7-9)13(16)17;1-3-11-7-6-10(5-4-8-16-2)9-12(11)13(14)15;1-4-11-6-5-10(7-9(2)3)8-12(11)13(14)15;1-4-9-5-6-10(8(2)3)7-11(9)12(13)14;1-3-8-5-6-9(4-2)10(7-8)11(12)13/h2-12H,1H2;5-10H,1H2,2-4H3;2,5-10H,1,3-4H2;4,6-10H,2-3,5H2,1H3;3-8H,2H2,1H3;3-7,9H,1,8H2,2H3;4-8H,1H2,2-3H3;4-7H,1-2H2,3H3;3-7H,1-2H2/b2*9-8+;6-5+;7-6+;6-4+;5-4+;;;. The predicted molar refractivity (Wildman–Crippen MR) is 584 cm³/mol. The van der Waals surface area contributed by atoms with Crippen LogP contribution < -0.4 is 0 Å². The van der Waals surface area contributed by atoms with Crippen molar-refractivity contribution < 1.29 is 63.4 Å². The summed E-state index contributed by atoms with van der Waals surface area (Å²) >= 11 is 0. The molecule has 0 atom stereocenters. The lowest BCUT2D eigenvalue weighted by Crippen LogP contribution is -1.99. The highest BCUT2D eigenvalue weighted by Gasteiger charge is 2.21. The van der Waals surface area contributed by atoms with E-state index in [9.17, 15) is 101 Å². The van der Waals surface area contributed by atoms with Gasteiger partial charge in [0.05, 0.1) is 108 Å². The van der Waals surface area contributed by atoms with Gasteiger partial charge in [0.1, 0.15) is 0 Å². The van der Waals surface area contributed by atoms with Gasteiger partial charge < -0.3 is 9.47 Å². The van der Waals surface area contributed by atoms with E-state index in [1.54, 1.807) is 129 Å². The van der Waals surface area contributed by atoms with Crippen molar-refractivity contribution in [2.75, 3.05) is 20.3 Å². The third kappa shape index (κ3) is 43.0. The average Bonchev–Trinajstić information content (AvgIpc) is 0.957. The molecule has 10 aromatic carbocycles. The van der Waals surface area contributed by atoms with Crippen LogP contribution in [0.4, 0.5) is 51.2 Å². The number of aldehydes is 1. The van der Waals surface area contributed by atoms with Gasteiger partial charge in [0, 0.05) is 67.8 Å². The van der Waals surface area contributed by atoms with Gasteiger partial charge in [0.25, 0.3) is 51.2 Å². The molecule has 0 aromatic heterocycles. The fourth-order valence-corrected chi connectivity index (χ4v) is 12.0. The second-order valence-corrected chi connectivity index (χ2v) is 31.9. The molecule has 31 nitrogen and oxygen atoms in total. The third-order valence-electron chi connectivity index (χ3n) is 19.6. The maximum Gasteiger partial charge on any atom is 0.330 e. The Labute approximate surface area is 836 Å². The number of hydrogen-bond acceptors (Lipinski definition) is 22. The quantitative estimate of drug-likeness (QED) is 0.00889. The molecule has 1 saturated carbocycles. The largest absolute Gasteiger partial charge is 0.463 e. The van der Waals surface area contributed by atoms with E-state index in [2.05, 4.69) is 104 Å². The van der Waals surface area contributed by atoms with Crippen LogP contribution >= 0.6 is 0 Å². The van der Waals surface area contributed by atoms with E-state index in [-0.39, 0.29) is 88.5 Å². The summed E-state index contributed by atoms with van der Waals surface area (Å²) in [6.45, 7) is 52.1. The maximum absolute atomic E-state index is 11.1. The van der Waals surface area contributed by atoms with Gasteiger partial charge in [0.2, 0.25) is 0 Å². The minimum absolute atomic E-state index is 0.00622. The number of benzene rings is 10. The molecule has 10 aromatic rings. The summed E-state index contributed by atoms with van der Waals surface area (Å²) in [6.07, 6.45) is 42.2. The molecule has 0 amide bonds.